The lowest BCUT2D eigenvalue weighted by Gasteiger charge is -2.56. The smallest absolute Gasteiger partial charge is 0.139 e. The van der Waals surface area contributed by atoms with Crippen LogP contribution in [0.5, 0.6) is 0 Å². The summed E-state index contributed by atoms with van der Waals surface area (Å²) < 4.78 is 2.42. The highest BCUT2D eigenvalue weighted by Crippen LogP contribution is 2.60. The topological polar surface area (TPSA) is 30.7 Å². The van der Waals surface area contributed by atoms with Gasteiger partial charge in [0.15, 0.2) is 0 Å². The average Bonchev–Trinajstić information content (AvgIpc) is 2.80. The fraction of sp³-hybridized carbons (Fsp3) is 0.875. The molecule has 1 heterocycles. The van der Waals surface area contributed by atoms with Crippen molar-refractivity contribution >= 4 is 0 Å². The molecule has 4 fully saturated rings. The summed E-state index contributed by atoms with van der Waals surface area (Å²) in [4.78, 5) is 0. The van der Waals surface area contributed by atoms with Crippen LogP contribution in [-0.2, 0) is 18.4 Å². The molecule has 1 aromatic rings. The van der Waals surface area contributed by atoms with Crippen molar-refractivity contribution in [1.29, 1.82) is 0 Å². The maximum absolute atomic E-state index is 4.66. The molecule has 5 rings (SSSR count). The molecule has 3 nitrogen and oxygen atoms in total. The van der Waals surface area contributed by atoms with E-state index in [9.17, 15) is 0 Å². The van der Waals surface area contributed by atoms with Crippen molar-refractivity contribution in [3.63, 3.8) is 0 Å². The molecule has 104 valence electrons. The molecule has 0 aliphatic heterocycles. The minimum Gasteiger partial charge on any atom is -0.315 e. The van der Waals surface area contributed by atoms with E-state index in [1.165, 1.54) is 50.2 Å². The molecule has 4 saturated carbocycles. The Morgan fingerprint density at radius 3 is 2.05 bits per heavy atom. The van der Waals surface area contributed by atoms with Gasteiger partial charge in [0.05, 0.1) is 0 Å². The van der Waals surface area contributed by atoms with Crippen LogP contribution in [0.2, 0.25) is 0 Å². The molecule has 0 unspecified atom stereocenters. The molecule has 4 aliphatic carbocycles. The Balaban J connectivity index is 1.77. The molecule has 19 heavy (non-hydrogen) atoms. The summed E-state index contributed by atoms with van der Waals surface area (Å²) in [6.07, 6.45) is 9.68. The Hall–Kier alpha value is -0.860. The molecule has 4 bridgehead atoms. The van der Waals surface area contributed by atoms with Gasteiger partial charge >= 0.3 is 0 Å². The van der Waals surface area contributed by atoms with E-state index in [1.807, 2.05) is 0 Å². The highest BCUT2D eigenvalue weighted by Gasteiger charge is 2.53. The first-order valence-corrected chi connectivity index (χ1v) is 8.16. The zero-order chi connectivity index (χ0) is 13.0. The van der Waals surface area contributed by atoms with Crippen LogP contribution in [0.1, 0.15) is 64.0 Å². The summed E-state index contributed by atoms with van der Waals surface area (Å²) in [6.45, 7) is 5.47. The third-order valence-corrected chi connectivity index (χ3v) is 5.97. The van der Waals surface area contributed by atoms with Crippen LogP contribution in [0, 0.1) is 17.8 Å². The van der Waals surface area contributed by atoms with Gasteiger partial charge in [0, 0.05) is 18.4 Å². The summed E-state index contributed by atoms with van der Waals surface area (Å²) in [5, 5.41) is 9.14. The van der Waals surface area contributed by atoms with E-state index in [-0.39, 0.29) is 0 Å². The Kier molecular flexibility index (Phi) is 2.55. The van der Waals surface area contributed by atoms with Crippen molar-refractivity contribution in [2.45, 2.75) is 70.8 Å². The molecule has 3 heteroatoms. The predicted molar refractivity (Wildman–Crippen MR) is 74.9 cm³/mol. The average molecular weight is 259 g/mol. The lowest BCUT2D eigenvalue weighted by Crippen LogP contribution is -2.49. The van der Waals surface area contributed by atoms with Crippen molar-refractivity contribution in [3.05, 3.63) is 11.6 Å². The molecular weight excluding hydrogens is 234 g/mol. The summed E-state index contributed by atoms with van der Waals surface area (Å²) in [5.74, 6) is 5.48. The van der Waals surface area contributed by atoms with E-state index in [4.69, 9.17) is 0 Å². The van der Waals surface area contributed by atoms with Crippen molar-refractivity contribution in [1.82, 2.24) is 14.8 Å². The molecule has 4 aliphatic rings. The lowest BCUT2D eigenvalue weighted by molar-refractivity contribution is -0.0111. The van der Waals surface area contributed by atoms with Gasteiger partial charge in [-0.05, 0) is 63.2 Å². The van der Waals surface area contributed by atoms with Gasteiger partial charge in [0.1, 0.15) is 11.6 Å². The molecule has 0 atom stereocenters. The lowest BCUT2D eigenvalue weighted by atomic mass is 9.49. The van der Waals surface area contributed by atoms with Crippen LogP contribution in [0.25, 0.3) is 0 Å². The van der Waals surface area contributed by atoms with Crippen LogP contribution in [0.3, 0.4) is 0 Å². The second-order valence-corrected chi connectivity index (χ2v) is 7.24. The van der Waals surface area contributed by atoms with Crippen LogP contribution >= 0.6 is 0 Å². The number of aromatic nitrogens is 3. The van der Waals surface area contributed by atoms with Gasteiger partial charge in [0.2, 0.25) is 0 Å². The second-order valence-electron chi connectivity index (χ2n) is 7.24. The minimum atomic E-state index is 0.394. The van der Waals surface area contributed by atoms with Gasteiger partial charge in [-0.15, -0.1) is 10.2 Å². The summed E-state index contributed by atoms with van der Waals surface area (Å²) in [6, 6.07) is 0. The van der Waals surface area contributed by atoms with Crippen molar-refractivity contribution in [3.8, 4) is 0 Å². The van der Waals surface area contributed by atoms with E-state index in [1.54, 1.807) is 0 Å². The van der Waals surface area contributed by atoms with E-state index in [0.717, 1.165) is 30.7 Å². The largest absolute Gasteiger partial charge is 0.315 e. The first-order valence-electron chi connectivity index (χ1n) is 8.16. The quantitative estimate of drug-likeness (QED) is 0.833. The third-order valence-electron chi connectivity index (χ3n) is 5.97. The van der Waals surface area contributed by atoms with Gasteiger partial charge in [-0.25, -0.2) is 0 Å². The van der Waals surface area contributed by atoms with Crippen LogP contribution < -0.4 is 0 Å². The Morgan fingerprint density at radius 1 is 1.00 bits per heavy atom. The summed E-state index contributed by atoms with van der Waals surface area (Å²) in [7, 11) is 0. The first-order chi connectivity index (χ1) is 9.24. The number of nitrogens with zero attached hydrogens (tertiary/aromatic N) is 3. The summed E-state index contributed by atoms with van der Waals surface area (Å²) >= 11 is 0. The Morgan fingerprint density at radius 2 is 1.58 bits per heavy atom. The fourth-order valence-corrected chi connectivity index (χ4v) is 5.71. The van der Waals surface area contributed by atoms with Crippen LogP contribution in [0.4, 0.5) is 0 Å². The van der Waals surface area contributed by atoms with Crippen molar-refractivity contribution in [2.24, 2.45) is 17.8 Å². The third kappa shape index (κ3) is 1.63. The van der Waals surface area contributed by atoms with Crippen molar-refractivity contribution in [2.75, 3.05) is 0 Å². The molecule has 0 N–H and O–H groups in total. The molecule has 1 aromatic heterocycles. The minimum absolute atomic E-state index is 0.394. The molecule has 0 saturated heterocycles. The van der Waals surface area contributed by atoms with Gasteiger partial charge in [0.25, 0.3) is 0 Å². The molecule has 0 amide bonds. The molecule has 0 radical (unpaired) electrons. The normalized spacial score (nSPS) is 40.0. The fourth-order valence-electron chi connectivity index (χ4n) is 5.71. The highest BCUT2D eigenvalue weighted by molar-refractivity contribution is 5.18. The Labute approximate surface area is 115 Å². The molecular formula is C16H25N3. The van der Waals surface area contributed by atoms with Gasteiger partial charge in [-0.2, -0.15) is 0 Å². The van der Waals surface area contributed by atoms with E-state index in [0.29, 0.717) is 5.41 Å². The standard InChI is InChI=1S/C16H25N3/c1-3-14-17-18-15(19(14)4-2)16-8-11-5-12(9-16)7-13(6-11)10-16/h11-13H,3-10H2,1-2H3. The second kappa shape index (κ2) is 4.07. The number of hydrogen-bond acceptors (Lipinski definition) is 2. The zero-order valence-electron chi connectivity index (χ0n) is 12.2. The number of rotatable bonds is 3. The SMILES string of the molecule is CCc1nnc(C23CC4CC(CC(C4)C2)C3)n1CC. The van der Waals surface area contributed by atoms with Crippen LogP contribution in [0.15, 0.2) is 0 Å². The highest BCUT2D eigenvalue weighted by atomic mass is 15.3. The predicted octanol–water partition coefficient (Wildman–Crippen LogP) is 3.33. The monoisotopic (exact) mass is 259 g/mol. The number of hydrogen-bond donors (Lipinski definition) is 0. The van der Waals surface area contributed by atoms with Gasteiger partial charge in [-0.3, -0.25) is 0 Å². The molecule has 0 spiro atoms. The summed E-state index contributed by atoms with van der Waals surface area (Å²) in [5.41, 5.74) is 0.394. The van der Waals surface area contributed by atoms with Crippen molar-refractivity contribution < 1.29 is 0 Å². The first kappa shape index (κ1) is 11.9. The maximum atomic E-state index is 4.66. The molecule has 0 aromatic carbocycles. The van der Waals surface area contributed by atoms with Gasteiger partial charge in [-0.1, -0.05) is 6.92 Å². The Bertz CT molecular complexity index is 453. The maximum Gasteiger partial charge on any atom is 0.139 e. The number of aryl methyl sites for hydroxylation is 1. The zero-order valence-corrected chi connectivity index (χ0v) is 12.2. The van der Waals surface area contributed by atoms with E-state index in [2.05, 4.69) is 28.6 Å². The van der Waals surface area contributed by atoms with Gasteiger partial charge < -0.3 is 4.57 Å². The van der Waals surface area contributed by atoms with E-state index >= 15 is 0 Å². The van der Waals surface area contributed by atoms with Crippen LogP contribution in [-0.4, -0.2) is 14.8 Å². The van der Waals surface area contributed by atoms with E-state index < -0.39 is 0 Å².